The predicted molar refractivity (Wildman–Crippen MR) is 92.0 cm³/mol. The minimum absolute atomic E-state index is 0.0879. The first kappa shape index (κ1) is 17.3. The molecular formula is C16H22N4O2S. The number of benzene rings is 1. The van der Waals surface area contributed by atoms with Crippen LogP contribution in [-0.4, -0.2) is 32.9 Å². The molecule has 2 N–H and O–H groups in total. The van der Waals surface area contributed by atoms with E-state index in [4.69, 9.17) is 4.74 Å². The van der Waals surface area contributed by atoms with E-state index in [1.807, 2.05) is 52.0 Å². The van der Waals surface area contributed by atoms with E-state index in [9.17, 15) is 4.79 Å². The Morgan fingerprint density at radius 2 is 2.00 bits per heavy atom. The second kappa shape index (κ2) is 8.01. The molecule has 0 radical (unpaired) electrons. The van der Waals surface area contributed by atoms with E-state index in [2.05, 4.69) is 20.5 Å². The van der Waals surface area contributed by atoms with Crippen molar-refractivity contribution < 1.29 is 9.53 Å². The Balaban J connectivity index is 1.91. The van der Waals surface area contributed by atoms with Crippen molar-refractivity contribution in [1.29, 1.82) is 0 Å². The van der Waals surface area contributed by atoms with Gasteiger partial charge in [-0.05, 0) is 38.1 Å². The summed E-state index contributed by atoms with van der Waals surface area (Å²) in [6.07, 6.45) is 0. The van der Waals surface area contributed by atoms with Gasteiger partial charge in [0.1, 0.15) is 11.6 Å². The van der Waals surface area contributed by atoms with E-state index in [1.54, 1.807) is 0 Å². The lowest BCUT2D eigenvalue weighted by atomic mass is 10.2. The summed E-state index contributed by atoms with van der Waals surface area (Å²) in [5.74, 6) is 1.81. The Bertz CT molecular complexity index is 640. The number of nitrogens with zero attached hydrogens (tertiary/aromatic N) is 2. The molecule has 0 aliphatic carbocycles. The first-order valence-corrected chi connectivity index (χ1v) is 8.50. The number of thioether (sulfide) groups is 1. The second-order valence-corrected chi connectivity index (χ2v) is 6.67. The van der Waals surface area contributed by atoms with Gasteiger partial charge >= 0.3 is 0 Å². The van der Waals surface area contributed by atoms with Gasteiger partial charge in [-0.15, -0.1) is 5.10 Å². The Hall–Kier alpha value is -2.02. The van der Waals surface area contributed by atoms with Crippen molar-refractivity contribution in [2.45, 2.75) is 44.0 Å². The Labute approximate surface area is 140 Å². The lowest BCUT2D eigenvalue weighted by molar-refractivity contribution is -0.115. The third-order valence-electron chi connectivity index (χ3n) is 3.11. The molecule has 124 valence electrons. The average molecular weight is 334 g/mol. The van der Waals surface area contributed by atoms with Crippen molar-refractivity contribution in [3.05, 3.63) is 30.1 Å². The van der Waals surface area contributed by atoms with E-state index < -0.39 is 0 Å². The minimum Gasteiger partial charge on any atom is -0.494 e. The summed E-state index contributed by atoms with van der Waals surface area (Å²) in [7, 11) is 0. The number of aromatic amines is 1. The number of rotatable bonds is 7. The van der Waals surface area contributed by atoms with Gasteiger partial charge in [-0.2, -0.15) is 0 Å². The summed E-state index contributed by atoms with van der Waals surface area (Å²) >= 11 is 1.33. The standard InChI is InChI=1S/C16H22N4O2S/c1-5-22-13-8-6-12(7-9-13)17-15(21)11(4)23-16-18-14(10(2)3)19-20-16/h6-11H,5H2,1-4H3,(H,17,21)(H,18,19,20). The number of aromatic nitrogens is 3. The summed E-state index contributed by atoms with van der Waals surface area (Å²) in [4.78, 5) is 16.6. The quantitative estimate of drug-likeness (QED) is 0.758. The molecule has 0 saturated carbocycles. The number of hydrogen-bond donors (Lipinski definition) is 2. The van der Waals surface area contributed by atoms with Crippen LogP contribution in [0.3, 0.4) is 0 Å². The Morgan fingerprint density at radius 1 is 1.30 bits per heavy atom. The first-order chi connectivity index (χ1) is 11.0. The molecule has 7 heteroatoms. The molecule has 0 spiro atoms. The SMILES string of the molecule is CCOc1ccc(NC(=O)C(C)Sc2n[nH]c(C(C)C)n2)cc1. The number of anilines is 1. The van der Waals surface area contributed by atoms with Gasteiger partial charge in [0.2, 0.25) is 11.1 Å². The van der Waals surface area contributed by atoms with Crippen molar-refractivity contribution in [2.24, 2.45) is 0 Å². The van der Waals surface area contributed by atoms with E-state index >= 15 is 0 Å². The Kier molecular flexibility index (Phi) is 6.04. The second-order valence-electron chi connectivity index (χ2n) is 5.36. The zero-order valence-electron chi connectivity index (χ0n) is 13.8. The molecular weight excluding hydrogens is 312 g/mol. The molecule has 1 aromatic heterocycles. The molecule has 0 saturated heterocycles. The van der Waals surface area contributed by atoms with Crippen LogP contribution >= 0.6 is 11.8 Å². The molecule has 0 aliphatic rings. The molecule has 1 unspecified atom stereocenters. The third kappa shape index (κ3) is 4.99. The molecule has 23 heavy (non-hydrogen) atoms. The predicted octanol–water partition coefficient (Wildman–Crippen LogP) is 3.45. The Morgan fingerprint density at radius 3 is 2.57 bits per heavy atom. The summed E-state index contributed by atoms with van der Waals surface area (Å²) < 4.78 is 5.38. The maximum atomic E-state index is 12.2. The summed E-state index contributed by atoms with van der Waals surface area (Å²) in [6, 6.07) is 7.32. The lowest BCUT2D eigenvalue weighted by Crippen LogP contribution is -2.22. The maximum Gasteiger partial charge on any atom is 0.237 e. The van der Waals surface area contributed by atoms with E-state index in [1.165, 1.54) is 11.8 Å². The van der Waals surface area contributed by atoms with Crippen LogP contribution in [0, 0.1) is 0 Å². The van der Waals surface area contributed by atoms with Crippen molar-refractivity contribution in [3.63, 3.8) is 0 Å². The van der Waals surface area contributed by atoms with Crippen LogP contribution in [0.5, 0.6) is 5.75 Å². The molecule has 2 rings (SSSR count). The highest BCUT2D eigenvalue weighted by Crippen LogP contribution is 2.23. The number of hydrogen-bond acceptors (Lipinski definition) is 5. The van der Waals surface area contributed by atoms with Gasteiger partial charge in [0.05, 0.1) is 11.9 Å². The minimum atomic E-state index is -0.294. The van der Waals surface area contributed by atoms with Gasteiger partial charge in [0.25, 0.3) is 0 Å². The summed E-state index contributed by atoms with van der Waals surface area (Å²) in [5, 5.41) is 10.2. The van der Waals surface area contributed by atoms with Gasteiger partial charge in [-0.25, -0.2) is 4.98 Å². The van der Waals surface area contributed by atoms with E-state index in [0.29, 0.717) is 11.8 Å². The zero-order chi connectivity index (χ0) is 16.8. The lowest BCUT2D eigenvalue weighted by Gasteiger charge is -2.10. The molecule has 1 heterocycles. The van der Waals surface area contributed by atoms with Crippen LogP contribution in [-0.2, 0) is 4.79 Å². The highest BCUT2D eigenvalue weighted by atomic mass is 32.2. The average Bonchev–Trinajstić information content (AvgIpc) is 2.98. The van der Waals surface area contributed by atoms with Crippen molar-refractivity contribution >= 4 is 23.4 Å². The van der Waals surface area contributed by atoms with Crippen LogP contribution in [0.15, 0.2) is 29.4 Å². The number of ether oxygens (including phenoxy) is 1. The molecule has 0 bridgehead atoms. The monoisotopic (exact) mass is 334 g/mol. The normalized spacial score (nSPS) is 12.2. The van der Waals surface area contributed by atoms with Crippen molar-refractivity contribution in [1.82, 2.24) is 15.2 Å². The smallest absolute Gasteiger partial charge is 0.237 e. The van der Waals surface area contributed by atoms with Gasteiger partial charge in [-0.1, -0.05) is 25.6 Å². The molecule has 1 amide bonds. The molecule has 1 aromatic carbocycles. The highest BCUT2D eigenvalue weighted by Gasteiger charge is 2.18. The number of carbonyl (C=O) groups is 1. The van der Waals surface area contributed by atoms with Crippen molar-refractivity contribution in [3.8, 4) is 5.75 Å². The number of amides is 1. The van der Waals surface area contributed by atoms with Crippen LogP contribution in [0.25, 0.3) is 0 Å². The van der Waals surface area contributed by atoms with Crippen LogP contribution < -0.4 is 10.1 Å². The van der Waals surface area contributed by atoms with Gasteiger partial charge in [0, 0.05) is 11.6 Å². The number of nitrogens with one attached hydrogen (secondary N) is 2. The first-order valence-electron chi connectivity index (χ1n) is 7.62. The largest absolute Gasteiger partial charge is 0.494 e. The van der Waals surface area contributed by atoms with Crippen LogP contribution in [0.2, 0.25) is 0 Å². The molecule has 0 fully saturated rings. The van der Waals surface area contributed by atoms with Gasteiger partial charge in [-0.3, -0.25) is 9.89 Å². The van der Waals surface area contributed by atoms with Crippen LogP contribution in [0.4, 0.5) is 5.69 Å². The molecule has 2 aromatic rings. The molecule has 6 nitrogen and oxygen atoms in total. The van der Waals surface area contributed by atoms with Gasteiger partial charge in [0.15, 0.2) is 0 Å². The molecule has 1 atom stereocenters. The number of carbonyl (C=O) groups excluding carboxylic acids is 1. The fourth-order valence-electron chi connectivity index (χ4n) is 1.83. The molecule has 0 aliphatic heterocycles. The summed E-state index contributed by atoms with van der Waals surface area (Å²) in [6.45, 7) is 8.46. The third-order valence-corrected chi connectivity index (χ3v) is 4.07. The zero-order valence-corrected chi connectivity index (χ0v) is 14.6. The van der Waals surface area contributed by atoms with Crippen LogP contribution in [0.1, 0.15) is 39.4 Å². The maximum absolute atomic E-state index is 12.2. The fraction of sp³-hybridized carbons (Fsp3) is 0.438. The number of H-pyrrole nitrogens is 1. The van der Waals surface area contributed by atoms with Gasteiger partial charge < -0.3 is 10.1 Å². The van der Waals surface area contributed by atoms with E-state index in [0.717, 1.165) is 17.3 Å². The summed E-state index contributed by atoms with van der Waals surface area (Å²) in [5.41, 5.74) is 0.740. The van der Waals surface area contributed by atoms with E-state index in [-0.39, 0.29) is 17.1 Å². The fourth-order valence-corrected chi connectivity index (χ4v) is 2.56. The van der Waals surface area contributed by atoms with Crippen molar-refractivity contribution in [2.75, 3.05) is 11.9 Å². The highest BCUT2D eigenvalue weighted by molar-refractivity contribution is 8.00. The topological polar surface area (TPSA) is 79.9 Å².